The van der Waals surface area contributed by atoms with Crippen molar-refractivity contribution >= 4 is 23.3 Å². The van der Waals surface area contributed by atoms with Crippen LogP contribution in [0.1, 0.15) is 41.1 Å². The van der Waals surface area contributed by atoms with Crippen LogP contribution in [0.2, 0.25) is 0 Å². The van der Waals surface area contributed by atoms with E-state index in [1.54, 1.807) is 24.2 Å². The van der Waals surface area contributed by atoms with Crippen LogP contribution in [0.3, 0.4) is 0 Å². The van der Waals surface area contributed by atoms with Gasteiger partial charge in [0, 0.05) is 38.4 Å². The third-order valence-electron chi connectivity index (χ3n) is 7.48. The fourth-order valence-electron chi connectivity index (χ4n) is 6.24. The van der Waals surface area contributed by atoms with E-state index in [1.807, 2.05) is 0 Å². The number of likely N-dealkylation sites (tertiary alicyclic amines) is 1. The van der Waals surface area contributed by atoms with E-state index >= 15 is 0 Å². The van der Waals surface area contributed by atoms with Gasteiger partial charge in [0.2, 0.25) is 0 Å². The van der Waals surface area contributed by atoms with Gasteiger partial charge in [0.1, 0.15) is 5.03 Å². The highest BCUT2D eigenvalue weighted by Crippen LogP contribution is 2.49. The molecule has 4 atom stereocenters. The van der Waals surface area contributed by atoms with Gasteiger partial charge < -0.3 is 5.32 Å². The van der Waals surface area contributed by atoms with Crippen LogP contribution in [0.4, 0.5) is 11.5 Å². The number of nitrogens with zero attached hydrogens (tertiary/aromatic N) is 3. The molecular weight excluding hydrogens is 376 g/mol. The molecule has 29 heavy (non-hydrogen) atoms. The van der Waals surface area contributed by atoms with E-state index in [4.69, 9.17) is 0 Å². The van der Waals surface area contributed by atoms with Crippen molar-refractivity contribution in [3.05, 3.63) is 36.2 Å². The van der Waals surface area contributed by atoms with Crippen molar-refractivity contribution < 1.29 is 1.43 Å². The first kappa shape index (κ1) is 19.4. The molecule has 3 aliphatic rings. The van der Waals surface area contributed by atoms with Gasteiger partial charge in [0.15, 0.2) is 5.82 Å². The lowest BCUT2D eigenvalue weighted by atomic mass is 9.57. The van der Waals surface area contributed by atoms with Gasteiger partial charge in [-0.2, -0.15) is 0 Å². The topological polar surface area (TPSA) is 41.0 Å². The molecule has 5 rings (SSSR count). The smallest absolute Gasteiger partial charge is 0.163 e. The molecule has 1 saturated heterocycles. The van der Waals surface area contributed by atoms with E-state index in [-0.39, 0.29) is 1.43 Å². The first-order valence-electron chi connectivity index (χ1n) is 11.1. The van der Waals surface area contributed by atoms with Crippen LogP contribution < -0.4 is 5.32 Å². The summed E-state index contributed by atoms with van der Waals surface area (Å²) in [6.45, 7) is 13.4. The summed E-state index contributed by atoms with van der Waals surface area (Å²) in [5, 5.41) is 4.44. The SMILES string of the molecule is CC(C)C1C2CN(Cc3ccc4c(c3)Nc3nccnc3S4)CC1C(C)CC2C.[HH]. The van der Waals surface area contributed by atoms with Crippen LogP contribution in [-0.4, -0.2) is 28.0 Å². The first-order chi connectivity index (χ1) is 14.0. The number of rotatable bonds is 3. The zero-order chi connectivity index (χ0) is 20.1. The number of nitrogens with one attached hydrogen (secondary N) is 1. The Labute approximate surface area is 180 Å². The Kier molecular flexibility index (Phi) is 5.07. The van der Waals surface area contributed by atoms with Crippen LogP contribution in [-0.2, 0) is 6.54 Å². The van der Waals surface area contributed by atoms with E-state index < -0.39 is 0 Å². The molecule has 1 N–H and O–H groups in total. The summed E-state index contributed by atoms with van der Waals surface area (Å²) in [4.78, 5) is 12.8. The molecule has 1 aromatic heterocycles. The van der Waals surface area contributed by atoms with Gasteiger partial charge in [-0.15, -0.1) is 0 Å². The zero-order valence-corrected chi connectivity index (χ0v) is 18.7. The molecule has 2 aromatic rings. The molecule has 4 unspecified atom stereocenters. The van der Waals surface area contributed by atoms with Crippen LogP contribution >= 0.6 is 11.8 Å². The minimum absolute atomic E-state index is 0. The van der Waals surface area contributed by atoms with Crippen LogP contribution in [0.25, 0.3) is 0 Å². The Morgan fingerprint density at radius 1 is 1.14 bits per heavy atom. The molecule has 1 aliphatic carbocycles. The number of aromatic nitrogens is 2. The number of piperidine rings is 1. The normalized spacial score (nSPS) is 31.1. The molecule has 2 fully saturated rings. The van der Waals surface area contributed by atoms with Crippen molar-refractivity contribution in [3.8, 4) is 0 Å². The molecule has 1 saturated carbocycles. The Morgan fingerprint density at radius 3 is 2.59 bits per heavy atom. The van der Waals surface area contributed by atoms with Crippen LogP contribution in [0.5, 0.6) is 0 Å². The van der Waals surface area contributed by atoms with Crippen LogP contribution in [0, 0.1) is 35.5 Å². The van der Waals surface area contributed by atoms with Crippen molar-refractivity contribution in [2.24, 2.45) is 35.5 Å². The van der Waals surface area contributed by atoms with Crippen molar-refractivity contribution in [1.29, 1.82) is 0 Å². The van der Waals surface area contributed by atoms with E-state index in [2.05, 4.69) is 66.1 Å². The van der Waals surface area contributed by atoms with Gasteiger partial charge in [0.25, 0.3) is 0 Å². The molecule has 3 heterocycles. The standard InChI is InChI=1S/C24H32N4S.H2/c1-14(2)22-18-12-28(13-19(22)16(4)9-15(18)3)11-17-5-6-21-20(10-17)27-23-24(29-21)26-8-7-25-23;/h5-8,10,14-16,18-19,22H,9,11-13H2,1-4H3,(H,25,27);1H. The maximum absolute atomic E-state index is 4.44. The Bertz CT molecular complexity index is 887. The molecule has 1 aromatic carbocycles. The lowest BCUT2D eigenvalue weighted by Crippen LogP contribution is -2.54. The lowest BCUT2D eigenvalue weighted by molar-refractivity contribution is -0.0607. The quantitative estimate of drug-likeness (QED) is 0.580. The third-order valence-corrected chi connectivity index (χ3v) is 8.54. The molecule has 2 bridgehead atoms. The fraction of sp³-hybridized carbons (Fsp3) is 0.583. The van der Waals surface area contributed by atoms with Crippen molar-refractivity contribution in [2.75, 3.05) is 18.4 Å². The highest BCUT2D eigenvalue weighted by atomic mass is 32.2. The summed E-state index contributed by atoms with van der Waals surface area (Å²) >= 11 is 1.71. The predicted molar refractivity (Wildman–Crippen MR) is 122 cm³/mol. The van der Waals surface area contributed by atoms with E-state index in [9.17, 15) is 0 Å². The Hall–Kier alpha value is -1.59. The Balaban J connectivity index is 0.00000218. The van der Waals surface area contributed by atoms with Gasteiger partial charge in [-0.3, -0.25) is 4.90 Å². The van der Waals surface area contributed by atoms with Crippen molar-refractivity contribution in [2.45, 2.75) is 50.6 Å². The van der Waals surface area contributed by atoms with Crippen molar-refractivity contribution in [3.63, 3.8) is 0 Å². The number of hydrogen-bond donors (Lipinski definition) is 1. The molecule has 0 radical (unpaired) electrons. The van der Waals surface area contributed by atoms with Gasteiger partial charge in [-0.05, 0) is 59.6 Å². The first-order valence-corrected chi connectivity index (χ1v) is 11.9. The van der Waals surface area contributed by atoms with Gasteiger partial charge in [-0.1, -0.05) is 45.5 Å². The molecule has 156 valence electrons. The maximum atomic E-state index is 4.44. The number of benzene rings is 1. The van der Waals surface area contributed by atoms with E-state index in [0.29, 0.717) is 0 Å². The van der Waals surface area contributed by atoms with Gasteiger partial charge >= 0.3 is 0 Å². The highest BCUT2D eigenvalue weighted by molar-refractivity contribution is 7.99. The van der Waals surface area contributed by atoms with Crippen LogP contribution in [0.15, 0.2) is 40.5 Å². The summed E-state index contributed by atoms with van der Waals surface area (Å²) in [5.74, 6) is 5.93. The second-order valence-electron chi connectivity index (χ2n) is 9.80. The molecule has 2 aliphatic heterocycles. The maximum Gasteiger partial charge on any atom is 0.163 e. The Morgan fingerprint density at radius 2 is 1.86 bits per heavy atom. The molecule has 0 spiro atoms. The summed E-state index contributed by atoms with van der Waals surface area (Å²) in [6, 6.07) is 6.86. The summed E-state index contributed by atoms with van der Waals surface area (Å²) in [6.07, 6.45) is 4.92. The summed E-state index contributed by atoms with van der Waals surface area (Å²) in [5.41, 5.74) is 2.56. The van der Waals surface area contributed by atoms with E-state index in [0.717, 1.165) is 52.9 Å². The average Bonchev–Trinajstić information content (AvgIpc) is 2.70. The third kappa shape index (κ3) is 3.57. The molecule has 0 amide bonds. The number of fused-ring (bicyclic) bond motifs is 4. The zero-order valence-electron chi connectivity index (χ0n) is 17.9. The predicted octanol–water partition coefficient (Wildman–Crippen LogP) is 5.93. The van der Waals surface area contributed by atoms with Gasteiger partial charge in [0.05, 0.1) is 5.69 Å². The van der Waals surface area contributed by atoms with Gasteiger partial charge in [-0.25, -0.2) is 9.97 Å². The van der Waals surface area contributed by atoms with E-state index in [1.165, 1.54) is 35.7 Å². The van der Waals surface area contributed by atoms with Crippen molar-refractivity contribution in [1.82, 2.24) is 14.9 Å². The average molecular weight is 411 g/mol. The second-order valence-corrected chi connectivity index (χ2v) is 10.8. The monoisotopic (exact) mass is 410 g/mol. The minimum atomic E-state index is 0. The fourth-order valence-corrected chi connectivity index (χ4v) is 7.12. The highest BCUT2D eigenvalue weighted by Gasteiger charge is 2.46. The number of hydrogen-bond acceptors (Lipinski definition) is 5. The second kappa shape index (κ2) is 7.59. The molecule has 4 nitrogen and oxygen atoms in total. The number of anilines is 2. The lowest BCUT2D eigenvalue weighted by Gasteiger charge is -2.54. The molecular formula is C24H34N4S. The minimum Gasteiger partial charge on any atom is -0.337 e. The largest absolute Gasteiger partial charge is 0.337 e. The summed E-state index contributed by atoms with van der Waals surface area (Å²) in [7, 11) is 0. The summed E-state index contributed by atoms with van der Waals surface area (Å²) < 4.78 is 0. The molecule has 5 heteroatoms.